The Hall–Kier alpha value is -1.54. The molecule has 2 aliphatic rings. The molecule has 0 aromatic carbocycles. The molecule has 0 saturated carbocycles. The molecular formula is C15H21NO6S. The van der Waals surface area contributed by atoms with Gasteiger partial charge in [0.2, 0.25) is 5.91 Å². The summed E-state index contributed by atoms with van der Waals surface area (Å²) in [6.45, 7) is 6.79. The number of rotatable bonds is 6. The fraction of sp³-hybridized carbons (Fsp3) is 0.667. The second kappa shape index (κ2) is 6.92. The summed E-state index contributed by atoms with van der Waals surface area (Å²) in [7, 11) is 0. The number of β-lactam (4-membered cyclic amide) rings is 1. The van der Waals surface area contributed by atoms with Crippen LogP contribution in [0.2, 0.25) is 0 Å². The van der Waals surface area contributed by atoms with Crippen molar-refractivity contribution >= 4 is 29.6 Å². The van der Waals surface area contributed by atoms with Crippen molar-refractivity contribution < 1.29 is 29.0 Å². The molecule has 0 aliphatic carbocycles. The first kappa shape index (κ1) is 17.8. The van der Waals surface area contributed by atoms with Gasteiger partial charge in [0.1, 0.15) is 17.7 Å². The van der Waals surface area contributed by atoms with Gasteiger partial charge in [-0.05, 0) is 12.8 Å². The molecule has 0 aromatic heterocycles. The molecule has 1 amide bonds. The Labute approximate surface area is 139 Å². The maximum absolute atomic E-state index is 12.3. The normalized spacial score (nSPS) is 24.4. The number of esters is 2. The Kier molecular flexibility index (Phi) is 5.36. The molecular weight excluding hydrogens is 322 g/mol. The second-order valence-electron chi connectivity index (χ2n) is 6.03. The van der Waals surface area contributed by atoms with Gasteiger partial charge in [-0.3, -0.25) is 14.5 Å². The first-order valence-electron chi connectivity index (χ1n) is 7.45. The van der Waals surface area contributed by atoms with Gasteiger partial charge in [-0.2, -0.15) is 0 Å². The summed E-state index contributed by atoms with van der Waals surface area (Å²) in [5, 5.41) is 9.36. The summed E-state index contributed by atoms with van der Waals surface area (Å²) in [5.74, 6) is -1.79. The maximum atomic E-state index is 12.3. The van der Waals surface area contributed by atoms with Crippen molar-refractivity contribution in [3.05, 3.63) is 10.6 Å². The van der Waals surface area contributed by atoms with Crippen molar-refractivity contribution in [3.8, 4) is 0 Å². The maximum Gasteiger partial charge on any atom is 0.356 e. The largest absolute Gasteiger partial charge is 0.461 e. The molecule has 128 valence electrons. The highest BCUT2D eigenvalue weighted by Crippen LogP contribution is 2.50. The van der Waals surface area contributed by atoms with Crippen LogP contribution in [0.1, 0.15) is 27.7 Å². The van der Waals surface area contributed by atoms with Gasteiger partial charge in [0.05, 0.1) is 23.5 Å². The molecule has 2 heterocycles. The van der Waals surface area contributed by atoms with Gasteiger partial charge < -0.3 is 14.6 Å². The molecule has 0 aromatic rings. The average Bonchev–Trinajstić information content (AvgIpc) is 2.76. The van der Waals surface area contributed by atoms with Gasteiger partial charge in [-0.1, -0.05) is 25.6 Å². The SMILES string of the molecule is CC(=O)OCC1=C(C(=O)OCC(C)C)N2C(=O)[C@H](C(C)O)C2S1. The molecule has 23 heavy (non-hydrogen) atoms. The Morgan fingerprint density at radius 1 is 1.30 bits per heavy atom. The molecule has 3 atom stereocenters. The predicted molar refractivity (Wildman–Crippen MR) is 82.9 cm³/mol. The standard InChI is InChI=1S/C15H21NO6S/c1-7(2)5-22-15(20)12-10(6-21-9(4)18)23-14-11(8(3)17)13(19)16(12)14/h7-8,11,14,17H,5-6H2,1-4H3/t8?,11-,14?/m0/s1. The van der Waals surface area contributed by atoms with Gasteiger partial charge in [-0.25, -0.2) is 4.79 Å². The van der Waals surface area contributed by atoms with Crippen LogP contribution in [0.25, 0.3) is 0 Å². The molecule has 8 heteroatoms. The van der Waals surface area contributed by atoms with E-state index in [0.29, 0.717) is 4.91 Å². The minimum Gasteiger partial charge on any atom is -0.461 e. The van der Waals surface area contributed by atoms with Crippen LogP contribution in [0.4, 0.5) is 0 Å². The molecule has 0 spiro atoms. The van der Waals surface area contributed by atoms with E-state index in [9.17, 15) is 19.5 Å². The van der Waals surface area contributed by atoms with Crippen LogP contribution >= 0.6 is 11.8 Å². The number of aliphatic hydroxyl groups is 1. The molecule has 0 radical (unpaired) electrons. The number of carbonyl (C=O) groups is 3. The molecule has 2 rings (SSSR count). The summed E-state index contributed by atoms with van der Waals surface area (Å²) in [5.41, 5.74) is 0.129. The van der Waals surface area contributed by atoms with Gasteiger partial charge in [0.15, 0.2) is 0 Å². The summed E-state index contributed by atoms with van der Waals surface area (Å²) >= 11 is 1.26. The lowest BCUT2D eigenvalue weighted by Gasteiger charge is -2.43. The van der Waals surface area contributed by atoms with E-state index in [1.165, 1.54) is 23.6 Å². The Balaban J connectivity index is 2.19. The van der Waals surface area contributed by atoms with Crippen molar-refractivity contribution in [1.29, 1.82) is 0 Å². The van der Waals surface area contributed by atoms with E-state index in [0.717, 1.165) is 0 Å². The predicted octanol–water partition coefficient (Wildman–Crippen LogP) is 0.872. The lowest BCUT2D eigenvalue weighted by atomic mass is 9.92. The van der Waals surface area contributed by atoms with Crippen LogP contribution in [-0.4, -0.2) is 52.5 Å². The van der Waals surface area contributed by atoms with Crippen LogP contribution in [0.3, 0.4) is 0 Å². The van der Waals surface area contributed by atoms with Gasteiger partial charge in [0.25, 0.3) is 0 Å². The van der Waals surface area contributed by atoms with E-state index in [4.69, 9.17) is 9.47 Å². The monoisotopic (exact) mass is 343 g/mol. The fourth-order valence-corrected chi connectivity index (χ4v) is 3.94. The quantitative estimate of drug-likeness (QED) is 0.565. The second-order valence-corrected chi connectivity index (χ2v) is 7.24. The topological polar surface area (TPSA) is 93.1 Å². The fourth-order valence-electron chi connectivity index (χ4n) is 2.42. The smallest absolute Gasteiger partial charge is 0.356 e. The van der Waals surface area contributed by atoms with E-state index >= 15 is 0 Å². The van der Waals surface area contributed by atoms with E-state index in [1.807, 2.05) is 13.8 Å². The number of thioether (sulfide) groups is 1. The van der Waals surface area contributed by atoms with Gasteiger partial charge in [0, 0.05) is 6.92 Å². The van der Waals surface area contributed by atoms with Crippen molar-refractivity contribution in [1.82, 2.24) is 4.90 Å². The summed E-state index contributed by atoms with van der Waals surface area (Å²) in [6, 6.07) is 0. The zero-order valence-corrected chi connectivity index (χ0v) is 14.4. The number of carbonyl (C=O) groups excluding carboxylic acids is 3. The lowest BCUT2D eigenvalue weighted by molar-refractivity contribution is -0.158. The minimum absolute atomic E-state index is 0.0844. The minimum atomic E-state index is -0.808. The van der Waals surface area contributed by atoms with Crippen LogP contribution < -0.4 is 0 Å². The lowest BCUT2D eigenvalue weighted by Crippen LogP contribution is -2.60. The molecule has 2 unspecified atom stereocenters. The van der Waals surface area contributed by atoms with E-state index in [-0.39, 0.29) is 36.1 Å². The third kappa shape index (κ3) is 3.53. The summed E-state index contributed by atoms with van der Waals surface area (Å²) in [6.07, 6.45) is -0.808. The molecule has 1 fully saturated rings. The summed E-state index contributed by atoms with van der Waals surface area (Å²) in [4.78, 5) is 37.4. The first-order chi connectivity index (χ1) is 10.7. The highest BCUT2D eigenvalue weighted by molar-refractivity contribution is 8.04. The van der Waals surface area contributed by atoms with Gasteiger partial charge in [-0.15, -0.1) is 0 Å². The number of aliphatic hydroxyl groups excluding tert-OH is 1. The van der Waals surface area contributed by atoms with Crippen LogP contribution in [-0.2, 0) is 23.9 Å². The number of fused-ring (bicyclic) bond motifs is 1. The molecule has 7 nitrogen and oxygen atoms in total. The van der Waals surface area contributed by atoms with E-state index in [1.54, 1.807) is 6.92 Å². The van der Waals surface area contributed by atoms with Crippen LogP contribution in [0.5, 0.6) is 0 Å². The average molecular weight is 343 g/mol. The Morgan fingerprint density at radius 3 is 2.48 bits per heavy atom. The zero-order valence-electron chi connectivity index (χ0n) is 13.6. The van der Waals surface area contributed by atoms with Gasteiger partial charge >= 0.3 is 11.9 Å². The van der Waals surface area contributed by atoms with Crippen molar-refractivity contribution in [3.63, 3.8) is 0 Å². The van der Waals surface area contributed by atoms with Crippen molar-refractivity contribution in [2.75, 3.05) is 13.2 Å². The van der Waals surface area contributed by atoms with Crippen LogP contribution in [0, 0.1) is 11.8 Å². The Bertz CT molecular complexity index is 556. The number of hydrogen-bond donors (Lipinski definition) is 1. The van der Waals surface area contributed by atoms with Crippen molar-refractivity contribution in [2.45, 2.75) is 39.2 Å². The van der Waals surface area contributed by atoms with E-state index in [2.05, 4.69) is 0 Å². The third-order valence-electron chi connectivity index (χ3n) is 3.52. The number of nitrogens with zero attached hydrogens (tertiary/aromatic N) is 1. The third-order valence-corrected chi connectivity index (χ3v) is 4.86. The van der Waals surface area contributed by atoms with Crippen molar-refractivity contribution in [2.24, 2.45) is 11.8 Å². The highest BCUT2D eigenvalue weighted by Gasteiger charge is 2.57. The number of ether oxygens (including phenoxy) is 2. The number of hydrogen-bond acceptors (Lipinski definition) is 7. The van der Waals surface area contributed by atoms with E-state index < -0.39 is 24.0 Å². The highest BCUT2D eigenvalue weighted by atomic mass is 32.2. The molecule has 2 aliphatic heterocycles. The molecule has 1 saturated heterocycles. The first-order valence-corrected chi connectivity index (χ1v) is 8.33. The summed E-state index contributed by atoms with van der Waals surface area (Å²) < 4.78 is 10.2. The number of amides is 1. The molecule has 1 N–H and O–H groups in total. The molecule has 0 bridgehead atoms. The zero-order chi connectivity index (χ0) is 17.3. The Morgan fingerprint density at radius 2 is 1.96 bits per heavy atom. The van der Waals surface area contributed by atoms with Crippen LogP contribution in [0.15, 0.2) is 10.6 Å².